The van der Waals surface area contributed by atoms with E-state index in [0.717, 1.165) is 54.5 Å². The molecule has 0 saturated carbocycles. The fraction of sp³-hybridized carbons (Fsp3) is 0.458. The van der Waals surface area contributed by atoms with Crippen LogP contribution in [-0.2, 0) is 32.6 Å². The number of nitrogens with zero attached hydrogens (tertiary/aromatic N) is 2. The topological polar surface area (TPSA) is 88.2 Å². The van der Waals surface area contributed by atoms with Crippen LogP contribution in [0.15, 0.2) is 42.5 Å². The first-order valence-electron chi connectivity index (χ1n) is 11.2. The second kappa shape index (κ2) is 11.9. The number of hydrogen-bond acceptors (Lipinski definition) is 6. The van der Waals surface area contributed by atoms with Gasteiger partial charge in [0, 0.05) is 31.2 Å². The smallest absolute Gasteiger partial charge is 0.244 e. The maximum Gasteiger partial charge on any atom is 0.244 e. The Hall–Kier alpha value is -2.33. The number of anilines is 1. The molecule has 0 radical (unpaired) electrons. The molecule has 3 rings (SSSR count). The van der Waals surface area contributed by atoms with Gasteiger partial charge in [0.1, 0.15) is 11.8 Å². The van der Waals surface area contributed by atoms with Gasteiger partial charge in [-0.15, -0.1) is 0 Å². The Morgan fingerprint density at radius 3 is 2.56 bits per heavy atom. The summed E-state index contributed by atoms with van der Waals surface area (Å²) in [5, 5.41) is 3.25. The molecule has 1 heterocycles. The van der Waals surface area contributed by atoms with Gasteiger partial charge in [-0.3, -0.25) is 14.0 Å². The lowest BCUT2D eigenvalue weighted by Crippen LogP contribution is -2.49. The number of halogens is 1. The SMILES string of the molecule is CC[C@@H](C(=O)NCc1cccc(CN2CCOCC2)c1)N(c1cc(Cl)ccc1OC)S(C)(=O)=O. The van der Waals surface area contributed by atoms with Crippen LogP contribution in [0.3, 0.4) is 0 Å². The molecule has 1 fully saturated rings. The quantitative estimate of drug-likeness (QED) is 0.529. The molecule has 0 spiro atoms. The van der Waals surface area contributed by atoms with Crippen LogP contribution >= 0.6 is 11.6 Å². The highest BCUT2D eigenvalue weighted by atomic mass is 35.5. The van der Waals surface area contributed by atoms with E-state index in [1.54, 1.807) is 19.1 Å². The lowest BCUT2D eigenvalue weighted by molar-refractivity contribution is -0.122. The first-order chi connectivity index (χ1) is 16.2. The molecular formula is C24H32ClN3O5S. The molecule has 1 N–H and O–H groups in total. The van der Waals surface area contributed by atoms with Crippen LogP contribution in [0.1, 0.15) is 24.5 Å². The molecule has 186 valence electrons. The largest absolute Gasteiger partial charge is 0.495 e. The molecule has 1 aliphatic rings. The summed E-state index contributed by atoms with van der Waals surface area (Å²) in [6.07, 6.45) is 1.34. The number of methoxy groups -OCH3 is 1. The number of nitrogens with one attached hydrogen (secondary N) is 1. The third-order valence-corrected chi connectivity index (χ3v) is 7.08. The van der Waals surface area contributed by atoms with E-state index in [1.165, 1.54) is 13.2 Å². The van der Waals surface area contributed by atoms with Crippen molar-refractivity contribution in [1.82, 2.24) is 10.2 Å². The van der Waals surface area contributed by atoms with E-state index in [0.29, 0.717) is 10.8 Å². The third-order valence-electron chi connectivity index (χ3n) is 5.68. The van der Waals surface area contributed by atoms with Crippen molar-refractivity contribution in [2.45, 2.75) is 32.5 Å². The van der Waals surface area contributed by atoms with Gasteiger partial charge in [0.05, 0.1) is 32.3 Å². The van der Waals surface area contributed by atoms with Crippen molar-refractivity contribution >= 4 is 33.2 Å². The van der Waals surface area contributed by atoms with Crippen LogP contribution < -0.4 is 14.4 Å². The van der Waals surface area contributed by atoms with Crippen LogP contribution in [-0.4, -0.2) is 64.9 Å². The van der Waals surface area contributed by atoms with Crippen molar-refractivity contribution < 1.29 is 22.7 Å². The minimum atomic E-state index is -3.81. The molecule has 0 bridgehead atoms. The first-order valence-corrected chi connectivity index (χ1v) is 13.4. The average molecular weight is 510 g/mol. The minimum Gasteiger partial charge on any atom is -0.495 e. The fourth-order valence-corrected chi connectivity index (χ4v) is 5.41. The summed E-state index contributed by atoms with van der Waals surface area (Å²) in [6, 6.07) is 11.8. The van der Waals surface area contributed by atoms with Gasteiger partial charge in [0.25, 0.3) is 0 Å². The number of benzene rings is 2. The molecule has 10 heteroatoms. The minimum absolute atomic E-state index is 0.229. The predicted molar refractivity (Wildman–Crippen MR) is 134 cm³/mol. The summed E-state index contributed by atoms with van der Waals surface area (Å²) >= 11 is 6.13. The Morgan fingerprint density at radius 1 is 1.21 bits per heavy atom. The molecule has 8 nitrogen and oxygen atoms in total. The van der Waals surface area contributed by atoms with Gasteiger partial charge in [0.2, 0.25) is 15.9 Å². The Labute approximate surface area is 206 Å². The highest BCUT2D eigenvalue weighted by Crippen LogP contribution is 2.34. The van der Waals surface area contributed by atoms with Crippen molar-refractivity contribution in [2.75, 3.05) is 44.0 Å². The zero-order valence-electron chi connectivity index (χ0n) is 19.8. The number of amides is 1. The van der Waals surface area contributed by atoms with Gasteiger partial charge in [-0.1, -0.05) is 42.8 Å². The third kappa shape index (κ3) is 6.85. The molecule has 1 aliphatic heterocycles. The lowest BCUT2D eigenvalue weighted by atomic mass is 10.1. The molecule has 2 aromatic carbocycles. The summed E-state index contributed by atoms with van der Waals surface area (Å²) in [6.45, 7) is 6.14. The molecule has 34 heavy (non-hydrogen) atoms. The molecule has 1 saturated heterocycles. The first kappa shape index (κ1) is 26.3. The van der Waals surface area contributed by atoms with E-state index in [-0.39, 0.29) is 18.7 Å². The molecular weight excluding hydrogens is 478 g/mol. The van der Waals surface area contributed by atoms with Crippen LogP contribution in [0.5, 0.6) is 5.75 Å². The maximum atomic E-state index is 13.2. The molecule has 2 aromatic rings. The van der Waals surface area contributed by atoms with Crippen molar-refractivity contribution in [2.24, 2.45) is 0 Å². The molecule has 1 amide bonds. The van der Waals surface area contributed by atoms with Gasteiger partial charge in [-0.2, -0.15) is 0 Å². The van der Waals surface area contributed by atoms with Crippen LogP contribution in [0.25, 0.3) is 0 Å². The lowest BCUT2D eigenvalue weighted by Gasteiger charge is -2.31. The van der Waals surface area contributed by atoms with E-state index < -0.39 is 22.0 Å². The number of morpholine rings is 1. The Morgan fingerprint density at radius 2 is 1.91 bits per heavy atom. The highest BCUT2D eigenvalue weighted by Gasteiger charge is 2.33. The Balaban J connectivity index is 1.75. The second-order valence-corrected chi connectivity index (χ2v) is 10.5. The van der Waals surface area contributed by atoms with Gasteiger partial charge < -0.3 is 14.8 Å². The van der Waals surface area contributed by atoms with E-state index in [9.17, 15) is 13.2 Å². The number of hydrogen-bond donors (Lipinski definition) is 1. The number of carbonyl (C=O) groups is 1. The van der Waals surface area contributed by atoms with E-state index in [4.69, 9.17) is 21.1 Å². The molecule has 0 aromatic heterocycles. The van der Waals surface area contributed by atoms with Crippen LogP contribution in [0.2, 0.25) is 5.02 Å². The summed E-state index contributed by atoms with van der Waals surface area (Å²) in [7, 11) is -2.37. The van der Waals surface area contributed by atoms with Crippen LogP contribution in [0, 0.1) is 0 Å². The van der Waals surface area contributed by atoms with E-state index in [2.05, 4.69) is 22.3 Å². The standard InChI is InChI=1S/C24H32ClN3O5S/c1-4-21(28(34(3,30)31)22-15-20(25)8-9-23(22)32-2)24(29)26-16-18-6-5-7-19(14-18)17-27-10-12-33-13-11-27/h5-9,14-15,21H,4,10-13,16-17H2,1-3H3,(H,26,29)/t21-/m0/s1. The van der Waals surface area contributed by atoms with Gasteiger partial charge >= 0.3 is 0 Å². The summed E-state index contributed by atoms with van der Waals surface area (Å²) in [5.41, 5.74) is 2.33. The molecule has 1 atom stereocenters. The van der Waals surface area contributed by atoms with Crippen molar-refractivity contribution in [1.29, 1.82) is 0 Å². The highest BCUT2D eigenvalue weighted by molar-refractivity contribution is 7.92. The summed E-state index contributed by atoms with van der Waals surface area (Å²) in [4.78, 5) is 15.5. The van der Waals surface area contributed by atoms with E-state index >= 15 is 0 Å². The molecule has 0 unspecified atom stereocenters. The number of sulfonamides is 1. The summed E-state index contributed by atoms with van der Waals surface area (Å²) < 4.78 is 37.4. The van der Waals surface area contributed by atoms with Gasteiger partial charge in [0.15, 0.2) is 0 Å². The van der Waals surface area contributed by atoms with Crippen LogP contribution in [0.4, 0.5) is 5.69 Å². The van der Waals surface area contributed by atoms with E-state index in [1.807, 2.05) is 12.1 Å². The van der Waals surface area contributed by atoms with Gasteiger partial charge in [-0.05, 0) is 35.7 Å². The fourth-order valence-electron chi connectivity index (χ4n) is 4.03. The monoisotopic (exact) mass is 509 g/mol. The number of rotatable bonds is 10. The Bertz CT molecular complexity index is 1090. The predicted octanol–water partition coefficient (Wildman–Crippen LogP) is 3.04. The second-order valence-electron chi connectivity index (χ2n) is 8.23. The van der Waals surface area contributed by atoms with Crippen molar-refractivity contribution in [3.63, 3.8) is 0 Å². The number of ether oxygens (including phenoxy) is 2. The van der Waals surface area contributed by atoms with Gasteiger partial charge in [-0.25, -0.2) is 8.42 Å². The molecule has 0 aliphatic carbocycles. The Kier molecular flexibility index (Phi) is 9.18. The van der Waals surface area contributed by atoms with Crippen molar-refractivity contribution in [3.8, 4) is 5.75 Å². The number of carbonyl (C=O) groups excluding carboxylic acids is 1. The normalized spacial score (nSPS) is 15.5. The zero-order valence-corrected chi connectivity index (χ0v) is 21.4. The average Bonchev–Trinajstić information content (AvgIpc) is 2.81. The van der Waals surface area contributed by atoms with Crippen molar-refractivity contribution in [3.05, 3.63) is 58.6 Å². The summed E-state index contributed by atoms with van der Waals surface area (Å²) in [5.74, 6) is -0.0783. The zero-order chi connectivity index (χ0) is 24.7. The maximum absolute atomic E-state index is 13.2.